The van der Waals surface area contributed by atoms with E-state index in [1.807, 2.05) is 0 Å². The molecule has 0 radical (unpaired) electrons. The Kier molecular flexibility index (Phi) is 2.46. The number of rotatable bonds is 1. The highest BCUT2D eigenvalue weighted by Crippen LogP contribution is 2.08. The summed E-state index contributed by atoms with van der Waals surface area (Å²) < 4.78 is 4.45. The Hall–Kier alpha value is -1.55. The van der Waals surface area contributed by atoms with Gasteiger partial charge in [-0.3, -0.25) is 4.89 Å². The first-order valence-corrected chi connectivity index (χ1v) is 2.91. The van der Waals surface area contributed by atoms with Crippen LogP contribution in [-0.4, -0.2) is 11.4 Å². The second kappa shape index (κ2) is 3.58. The van der Waals surface area contributed by atoms with Crippen molar-refractivity contribution in [2.24, 2.45) is 0 Å². The molecule has 0 atom stereocenters. The van der Waals surface area contributed by atoms with Crippen molar-refractivity contribution in [3.8, 4) is 5.75 Å². The maximum absolute atomic E-state index is 10.3. The summed E-state index contributed by atoms with van der Waals surface area (Å²) in [5, 5.41) is 7.82. The van der Waals surface area contributed by atoms with Crippen LogP contribution in [0.25, 0.3) is 0 Å². The molecule has 1 aromatic rings. The van der Waals surface area contributed by atoms with Gasteiger partial charge in [0.05, 0.1) is 0 Å². The van der Waals surface area contributed by atoms with Crippen molar-refractivity contribution in [3.05, 3.63) is 30.3 Å². The third-order valence-electron chi connectivity index (χ3n) is 1.02. The van der Waals surface area contributed by atoms with E-state index in [2.05, 4.69) is 9.62 Å². The van der Waals surface area contributed by atoms with Gasteiger partial charge < -0.3 is 4.74 Å². The highest BCUT2D eigenvalue weighted by atomic mass is 17.1. The number of para-hydroxylation sites is 1. The second-order valence-electron chi connectivity index (χ2n) is 1.76. The van der Waals surface area contributed by atoms with Crippen molar-refractivity contribution in [1.82, 2.24) is 0 Å². The molecule has 0 aromatic heterocycles. The van der Waals surface area contributed by atoms with Crippen molar-refractivity contribution in [3.63, 3.8) is 0 Å². The van der Waals surface area contributed by atoms with Gasteiger partial charge in [0.25, 0.3) is 0 Å². The van der Waals surface area contributed by atoms with E-state index < -0.39 is 6.16 Å². The van der Waals surface area contributed by atoms with E-state index in [1.54, 1.807) is 30.3 Å². The van der Waals surface area contributed by atoms with Gasteiger partial charge in [0.2, 0.25) is 0 Å². The summed E-state index contributed by atoms with van der Waals surface area (Å²) in [6.07, 6.45) is -1.14. The minimum absolute atomic E-state index is 0.326. The summed E-state index contributed by atoms with van der Waals surface area (Å²) in [4.78, 5) is 13.6. The molecule has 0 unspecified atom stereocenters. The average Bonchev–Trinajstić information content (AvgIpc) is 2.06. The Labute approximate surface area is 62.9 Å². The lowest BCUT2D eigenvalue weighted by Crippen LogP contribution is -2.07. The molecule has 4 nitrogen and oxygen atoms in total. The van der Waals surface area contributed by atoms with Gasteiger partial charge in [-0.25, -0.2) is 4.79 Å². The molecule has 0 heterocycles. The number of hydrogen-bond donors (Lipinski definition) is 1. The summed E-state index contributed by atoms with van der Waals surface area (Å²) in [6, 6.07) is 8.30. The highest BCUT2D eigenvalue weighted by Gasteiger charge is 2.02. The third-order valence-corrected chi connectivity index (χ3v) is 1.02. The Balaban J connectivity index is 2.58. The van der Waals surface area contributed by atoms with Crippen molar-refractivity contribution in [2.45, 2.75) is 0 Å². The second-order valence-corrected chi connectivity index (χ2v) is 1.76. The number of ether oxygens (including phenoxy) is 1. The van der Waals surface area contributed by atoms with Gasteiger partial charge in [-0.1, -0.05) is 18.2 Å². The monoisotopic (exact) mass is 154 g/mol. The standard InChI is InChI=1S/C7H6O4/c8-7(11-9)10-6-4-2-1-3-5-6/h1-5,9H. The number of carbonyl (C=O) groups excluding carboxylic acids is 1. The summed E-state index contributed by atoms with van der Waals surface area (Å²) in [7, 11) is 0. The highest BCUT2D eigenvalue weighted by molar-refractivity contribution is 5.62. The molecule has 0 bridgehead atoms. The molecule has 0 saturated heterocycles. The zero-order valence-electron chi connectivity index (χ0n) is 5.56. The van der Waals surface area contributed by atoms with Gasteiger partial charge in [-0.15, -0.1) is 0 Å². The zero-order valence-corrected chi connectivity index (χ0v) is 5.56. The Morgan fingerprint density at radius 2 is 1.91 bits per heavy atom. The molecule has 0 spiro atoms. The summed E-state index contributed by atoms with van der Waals surface area (Å²) >= 11 is 0. The molecule has 0 amide bonds. The molecule has 0 aliphatic rings. The largest absolute Gasteiger partial charge is 0.545 e. The summed E-state index contributed by atoms with van der Waals surface area (Å²) in [6.45, 7) is 0. The van der Waals surface area contributed by atoms with Crippen LogP contribution in [0.3, 0.4) is 0 Å². The molecule has 4 heteroatoms. The third kappa shape index (κ3) is 2.27. The van der Waals surface area contributed by atoms with E-state index in [0.717, 1.165) is 0 Å². The van der Waals surface area contributed by atoms with Crippen LogP contribution >= 0.6 is 0 Å². The first-order valence-electron chi connectivity index (χ1n) is 2.91. The van der Waals surface area contributed by atoms with E-state index in [-0.39, 0.29) is 0 Å². The molecule has 0 saturated carbocycles. The predicted molar refractivity (Wildman–Crippen MR) is 36.2 cm³/mol. The number of benzene rings is 1. The Morgan fingerprint density at radius 3 is 2.45 bits per heavy atom. The number of carbonyl (C=O) groups is 1. The molecule has 1 N–H and O–H groups in total. The van der Waals surface area contributed by atoms with Crippen LogP contribution in [0, 0.1) is 0 Å². The quantitative estimate of drug-likeness (QED) is 0.289. The first kappa shape index (κ1) is 7.56. The summed E-state index contributed by atoms with van der Waals surface area (Å²) in [5.41, 5.74) is 0. The van der Waals surface area contributed by atoms with E-state index in [9.17, 15) is 4.79 Å². The van der Waals surface area contributed by atoms with Crippen molar-refractivity contribution in [2.75, 3.05) is 0 Å². The first-order chi connectivity index (χ1) is 5.33. The maximum Gasteiger partial charge on any atom is 0.545 e. The topological polar surface area (TPSA) is 55.8 Å². The van der Waals surface area contributed by atoms with Gasteiger partial charge in [0, 0.05) is 0 Å². The van der Waals surface area contributed by atoms with E-state index in [4.69, 9.17) is 5.26 Å². The fourth-order valence-corrected chi connectivity index (χ4v) is 0.603. The fourth-order valence-electron chi connectivity index (χ4n) is 0.603. The minimum atomic E-state index is -1.14. The van der Waals surface area contributed by atoms with E-state index in [0.29, 0.717) is 5.75 Å². The van der Waals surface area contributed by atoms with Gasteiger partial charge >= 0.3 is 6.16 Å². The molecular weight excluding hydrogens is 148 g/mol. The van der Waals surface area contributed by atoms with Gasteiger partial charge in [0.1, 0.15) is 5.75 Å². The minimum Gasteiger partial charge on any atom is -0.393 e. The average molecular weight is 154 g/mol. The van der Waals surface area contributed by atoms with Crippen LogP contribution in [-0.2, 0) is 4.89 Å². The van der Waals surface area contributed by atoms with Crippen LogP contribution in [0.4, 0.5) is 4.79 Å². The van der Waals surface area contributed by atoms with Gasteiger partial charge in [-0.05, 0) is 12.1 Å². The molecule has 0 fully saturated rings. The van der Waals surface area contributed by atoms with Gasteiger partial charge in [-0.2, -0.15) is 5.26 Å². The molecule has 1 aromatic carbocycles. The Morgan fingerprint density at radius 1 is 1.27 bits per heavy atom. The molecule has 0 aliphatic heterocycles. The van der Waals surface area contributed by atoms with Crippen LogP contribution in [0.15, 0.2) is 30.3 Å². The predicted octanol–water partition coefficient (Wildman–Crippen LogP) is 1.67. The van der Waals surface area contributed by atoms with Crippen LogP contribution < -0.4 is 4.74 Å². The van der Waals surface area contributed by atoms with E-state index in [1.165, 1.54) is 0 Å². The smallest absolute Gasteiger partial charge is 0.393 e. The fraction of sp³-hybridized carbons (Fsp3) is 0. The van der Waals surface area contributed by atoms with Crippen molar-refractivity contribution in [1.29, 1.82) is 0 Å². The molecular formula is C7H6O4. The maximum atomic E-state index is 10.3. The Bertz CT molecular complexity index is 231. The van der Waals surface area contributed by atoms with Crippen molar-refractivity contribution >= 4 is 6.16 Å². The number of hydrogen-bond acceptors (Lipinski definition) is 4. The zero-order chi connectivity index (χ0) is 8.10. The lowest BCUT2D eigenvalue weighted by atomic mass is 10.3. The normalized spacial score (nSPS) is 8.82. The van der Waals surface area contributed by atoms with Crippen LogP contribution in [0.5, 0.6) is 5.75 Å². The molecule has 0 aliphatic carbocycles. The molecule has 11 heavy (non-hydrogen) atoms. The molecule has 1 rings (SSSR count). The summed E-state index contributed by atoms with van der Waals surface area (Å²) in [5.74, 6) is 0.326. The lowest BCUT2D eigenvalue weighted by Gasteiger charge is -1.98. The SMILES string of the molecule is O=C(OO)Oc1ccccc1. The van der Waals surface area contributed by atoms with Gasteiger partial charge in [0.15, 0.2) is 0 Å². The molecule has 58 valence electrons. The lowest BCUT2D eigenvalue weighted by molar-refractivity contribution is -0.191. The van der Waals surface area contributed by atoms with E-state index >= 15 is 0 Å². The van der Waals surface area contributed by atoms with Crippen LogP contribution in [0.2, 0.25) is 0 Å². The van der Waals surface area contributed by atoms with Crippen LogP contribution in [0.1, 0.15) is 0 Å². The van der Waals surface area contributed by atoms with Crippen molar-refractivity contribution < 1.29 is 19.7 Å².